The number of ether oxygens (including phenoxy) is 2. The van der Waals surface area contributed by atoms with E-state index >= 15 is 0 Å². The lowest BCUT2D eigenvalue weighted by atomic mass is 9.89. The number of benzene rings is 2. The number of fused-ring (bicyclic) bond motifs is 2. The summed E-state index contributed by atoms with van der Waals surface area (Å²) < 4.78 is 10.8. The van der Waals surface area contributed by atoms with Crippen LogP contribution in [-0.2, 0) is 16.0 Å². The molecule has 4 N–H and O–H groups in total. The number of H-pyrrole nitrogens is 1. The van der Waals surface area contributed by atoms with Crippen molar-refractivity contribution in [1.29, 1.82) is 0 Å². The third-order valence-electron chi connectivity index (χ3n) is 5.99. The summed E-state index contributed by atoms with van der Waals surface area (Å²) in [4.78, 5) is 28.5. The minimum absolute atomic E-state index is 0.0970. The van der Waals surface area contributed by atoms with Gasteiger partial charge in [-0.2, -0.15) is 0 Å². The topological polar surface area (TPSA) is 121 Å². The van der Waals surface area contributed by atoms with E-state index in [-0.39, 0.29) is 13.2 Å². The van der Waals surface area contributed by atoms with E-state index in [1.807, 2.05) is 31.2 Å². The van der Waals surface area contributed by atoms with Gasteiger partial charge in [-0.15, -0.1) is 0 Å². The smallest absolute Gasteiger partial charge is 0.326 e. The van der Waals surface area contributed by atoms with Crippen LogP contribution in [0.3, 0.4) is 0 Å². The largest absolute Gasteiger partial charge is 0.480 e. The highest BCUT2D eigenvalue weighted by Crippen LogP contribution is 2.36. The number of hydrogen-bond acceptors (Lipinski definition) is 5. The summed E-state index contributed by atoms with van der Waals surface area (Å²) in [6.45, 7) is 2.10. The number of aliphatic hydroxyl groups is 1. The van der Waals surface area contributed by atoms with Crippen molar-refractivity contribution >= 4 is 22.8 Å². The van der Waals surface area contributed by atoms with Crippen LogP contribution in [0.25, 0.3) is 10.9 Å². The maximum atomic E-state index is 13.3. The van der Waals surface area contributed by atoms with E-state index in [1.165, 1.54) is 0 Å². The molecule has 1 aromatic heterocycles. The normalized spacial score (nSPS) is 15.2. The fourth-order valence-corrected chi connectivity index (χ4v) is 4.22. The lowest BCUT2D eigenvalue weighted by Gasteiger charge is -2.25. The number of amides is 1. The van der Waals surface area contributed by atoms with E-state index in [4.69, 9.17) is 9.47 Å². The van der Waals surface area contributed by atoms with Crippen LogP contribution in [0.1, 0.15) is 43.2 Å². The van der Waals surface area contributed by atoms with Crippen LogP contribution in [0, 0.1) is 0 Å². The van der Waals surface area contributed by atoms with Gasteiger partial charge in [-0.1, -0.05) is 44.0 Å². The van der Waals surface area contributed by atoms with Gasteiger partial charge in [0.25, 0.3) is 0 Å². The Morgan fingerprint density at radius 1 is 1.15 bits per heavy atom. The van der Waals surface area contributed by atoms with Crippen LogP contribution >= 0.6 is 0 Å². The molecular formula is C25H28N2O6. The molecule has 8 heteroatoms. The average molecular weight is 453 g/mol. The van der Waals surface area contributed by atoms with Gasteiger partial charge in [-0.05, 0) is 35.7 Å². The zero-order valence-corrected chi connectivity index (χ0v) is 18.4. The molecule has 2 aromatic carbocycles. The first kappa shape index (κ1) is 22.7. The van der Waals surface area contributed by atoms with Crippen molar-refractivity contribution in [2.45, 2.75) is 50.7 Å². The quantitative estimate of drug-likeness (QED) is 0.374. The summed E-state index contributed by atoms with van der Waals surface area (Å²) in [5.74, 6) is -1.54. The molecule has 1 aliphatic heterocycles. The lowest BCUT2D eigenvalue weighted by molar-refractivity contribution is -0.142. The Hall–Kier alpha value is -3.52. The number of nitrogens with one attached hydrogen (secondary N) is 2. The maximum absolute atomic E-state index is 13.3. The molecule has 3 aromatic rings. The number of aliphatic carboxylic acids is 1. The molecule has 0 spiro atoms. The molecule has 0 fully saturated rings. The minimum Gasteiger partial charge on any atom is -0.480 e. The summed E-state index contributed by atoms with van der Waals surface area (Å²) in [6, 6.07) is 11.5. The van der Waals surface area contributed by atoms with Crippen molar-refractivity contribution in [2.75, 3.05) is 6.79 Å². The lowest BCUT2D eigenvalue weighted by Crippen LogP contribution is -2.46. The number of hydrogen-bond donors (Lipinski definition) is 4. The number of rotatable bonds is 10. The van der Waals surface area contributed by atoms with Crippen LogP contribution in [0.5, 0.6) is 11.5 Å². The highest BCUT2D eigenvalue weighted by atomic mass is 16.7. The molecule has 1 amide bonds. The Labute approximate surface area is 191 Å². The predicted octanol–water partition coefficient (Wildman–Crippen LogP) is 3.34. The van der Waals surface area contributed by atoms with Crippen molar-refractivity contribution in [3.05, 3.63) is 59.8 Å². The number of carboxylic acid groups (broad SMARTS) is 1. The molecule has 2 heterocycles. The number of carboxylic acids is 1. The van der Waals surface area contributed by atoms with Crippen molar-refractivity contribution in [3.8, 4) is 11.5 Å². The first-order valence-corrected chi connectivity index (χ1v) is 11.1. The first-order valence-electron chi connectivity index (χ1n) is 11.1. The maximum Gasteiger partial charge on any atom is 0.326 e. The number of carbonyl (C=O) groups is 2. The van der Waals surface area contributed by atoms with Crippen molar-refractivity contribution in [1.82, 2.24) is 10.3 Å². The predicted molar refractivity (Wildman–Crippen MR) is 122 cm³/mol. The zero-order chi connectivity index (χ0) is 23.4. The number of aliphatic hydroxyl groups excluding tert-OH is 1. The average Bonchev–Trinajstić information content (AvgIpc) is 3.44. The molecular weight excluding hydrogens is 424 g/mol. The highest BCUT2D eigenvalue weighted by Gasteiger charge is 2.33. The third-order valence-corrected chi connectivity index (χ3v) is 5.99. The molecule has 0 saturated carbocycles. The first-order chi connectivity index (χ1) is 16.0. The Kier molecular flexibility index (Phi) is 6.84. The molecule has 33 heavy (non-hydrogen) atoms. The Balaban J connectivity index is 1.58. The summed E-state index contributed by atoms with van der Waals surface area (Å²) in [5, 5.41) is 24.3. The Morgan fingerprint density at radius 2 is 1.94 bits per heavy atom. The van der Waals surface area contributed by atoms with E-state index in [0.29, 0.717) is 23.5 Å². The number of para-hydroxylation sites is 1. The Morgan fingerprint density at radius 3 is 2.73 bits per heavy atom. The van der Waals surface area contributed by atoms with Crippen LogP contribution in [0.2, 0.25) is 0 Å². The summed E-state index contributed by atoms with van der Waals surface area (Å²) in [5.41, 5.74) is 2.25. The van der Waals surface area contributed by atoms with Gasteiger partial charge in [-0.3, -0.25) is 4.79 Å². The molecule has 1 aliphatic rings. The standard InChI is InChI=1S/C25H28N2O6/c1-2-3-8-20(28)23(15-9-10-21-22(12-15)33-14-32-21)24(29)27-19(25(30)31)11-16-13-26-18-7-5-4-6-17(16)18/h4-7,9-10,12-13,19-20,23,26,28H,2-3,8,11,14H2,1H3,(H,27,29)(H,30,31)/t19-,20?,23?/m0/s1. The highest BCUT2D eigenvalue weighted by molar-refractivity contribution is 5.90. The fourth-order valence-electron chi connectivity index (χ4n) is 4.22. The second-order valence-electron chi connectivity index (χ2n) is 8.26. The zero-order valence-electron chi connectivity index (χ0n) is 18.4. The van der Waals surface area contributed by atoms with Crippen LogP contribution in [0.15, 0.2) is 48.7 Å². The van der Waals surface area contributed by atoms with Crippen LogP contribution in [-0.4, -0.2) is 46.0 Å². The molecule has 8 nitrogen and oxygen atoms in total. The van der Waals surface area contributed by atoms with Gasteiger partial charge in [0.1, 0.15) is 6.04 Å². The van der Waals surface area contributed by atoms with Gasteiger partial charge in [0.15, 0.2) is 11.5 Å². The number of aromatic amines is 1. The van der Waals surface area contributed by atoms with Gasteiger partial charge in [-0.25, -0.2) is 4.79 Å². The van der Waals surface area contributed by atoms with Crippen molar-refractivity contribution in [3.63, 3.8) is 0 Å². The third kappa shape index (κ3) is 4.96. The van der Waals surface area contributed by atoms with Gasteiger partial charge < -0.3 is 30.0 Å². The summed E-state index contributed by atoms with van der Waals surface area (Å²) in [7, 11) is 0. The molecule has 0 radical (unpaired) electrons. The molecule has 4 rings (SSSR count). The van der Waals surface area contributed by atoms with Gasteiger partial charge >= 0.3 is 5.97 Å². The second kappa shape index (κ2) is 9.95. The van der Waals surface area contributed by atoms with E-state index in [0.717, 1.165) is 29.3 Å². The monoisotopic (exact) mass is 452 g/mol. The minimum atomic E-state index is -1.15. The summed E-state index contributed by atoms with van der Waals surface area (Å²) in [6.07, 6.45) is 2.94. The van der Waals surface area contributed by atoms with Crippen LogP contribution in [0.4, 0.5) is 0 Å². The van der Waals surface area contributed by atoms with Crippen LogP contribution < -0.4 is 14.8 Å². The van der Waals surface area contributed by atoms with E-state index in [1.54, 1.807) is 24.4 Å². The van der Waals surface area contributed by atoms with Gasteiger partial charge in [0, 0.05) is 23.5 Å². The number of unbranched alkanes of at least 4 members (excludes halogenated alkanes) is 1. The molecule has 0 aliphatic carbocycles. The summed E-state index contributed by atoms with van der Waals surface area (Å²) >= 11 is 0. The molecule has 2 unspecified atom stereocenters. The van der Waals surface area contributed by atoms with Gasteiger partial charge in [0.05, 0.1) is 12.0 Å². The molecule has 0 saturated heterocycles. The van der Waals surface area contributed by atoms with E-state index in [2.05, 4.69) is 10.3 Å². The second-order valence-corrected chi connectivity index (χ2v) is 8.26. The fraction of sp³-hybridized carbons (Fsp3) is 0.360. The van der Waals surface area contributed by atoms with E-state index in [9.17, 15) is 19.8 Å². The van der Waals surface area contributed by atoms with Gasteiger partial charge in [0.2, 0.25) is 12.7 Å². The number of aromatic nitrogens is 1. The van der Waals surface area contributed by atoms with Crippen molar-refractivity contribution in [2.24, 2.45) is 0 Å². The van der Waals surface area contributed by atoms with E-state index < -0.39 is 29.9 Å². The molecule has 3 atom stereocenters. The number of carbonyl (C=O) groups excluding carboxylic acids is 1. The Bertz CT molecular complexity index is 1140. The van der Waals surface area contributed by atoms with Crippen molar-refractivity contribution < 1.29 is 29.3 Å². The molecule has 0 bridgehead atoms. The SMILES string of the molecule is CCCCC(O)C(C(=O)N[C@@H](Cc1c[nH]c2ccccc12)C(=O)O)c1ccc2c(c1)OCO2. The molecule has 174 valence electrons.